The molecule has 0 aromatic carbocycles. The molecule has 0 saturated heterocycles. The fourth-order valence-electron chi connectivity index (χ4n) is 1.51. The fourth-order valence-corrected chi connectivity index (χ4v) is 4.87. The molecule has 0 bridgehead atoms. The maximum Gasteiger partial charge on any atom is 0.0549 e. The van der Waals surface area contributed by atoms with Crippen molar-refractivity contribution in [3.05, 3.63) is 10.5 Å². The van der Waals surface area contributed by atoms with Crippen LogP contribution in [0.25, 0.3) is 0 Å². The topological polar surface area (TPSA) is 4.93 Å². The van der Waals surface area contributed by atoms with Crippen molar-refractivity contribution in [3.63, 3.8) is 0 Å². The van der Waals surface area contributed by atoms with Gasteiger partial charge in [0.25, 0.3) is 0 Å². The van der Waals surface area contributed by atoms with Gasteiger partial charge in [-0.25, -0.2) is 0 Å². The third-order valence-corrected chi connectivity index (χ3v) is 6.91. The standard InChI is InChI=1S/C13H25NP2/c1-9(2)14-10(12(3,4)5)15-11(16-14)13(6,7)8/h9H,1-8H3. The first-order valence-corrected chi connectivity index (χ1v) is 7.75. The van der Waals surface area contributed by atoms with Crippen LogP contribution in [0, 0.1) is 0 Å². The molecule has 0 fully saturated rings. The Morgan fingerprint density at radius 3 is 1.69 bits per heavy atom. The predicted molar refractivity (Wildman–Crippen MR) is 77.2 cm³/mol. The van der Waals surface area contributed by atoms with Gasteiger partial charge in [0.1, 0.15) is 0 Å². The largest absolute Gasteiger partial charge is 0.320 e. The number of hydrogen-bond acceptors (Lipinski definition) is 0. The Hall–Kier alpha value is 0.140. The normalized spacial score (nSPS) is 14.6. The third kappa shape index (κ3) is 3.08. The van der Waals surface area contributed by atoms with E-state index >= 15 is 0 Å². The molecule has 1 aromatic heterocycles. The zero-order chi connectivity index (χ0) is 12.7. The van der Waals surface area contributed by atoms with Gasteiger partial charge in [0.2, 0.25) is 0 Å². The quantitative estimate of drug-likeness (QED) is 0.597. The van der Waals surface area contributed by atoms with Crippen molar-refractivity contribution < 1.29 is 0 Å². The van der Waals surface area contributed by atoms with E-state index in [1.807, 2.05) is 0 Å². The fraction of sp³-hybridized carbons (Fsp3) is 0.846. The summed E-state index contributed by atoms with van der Waals surface area (Å²) in [6.45, 7) is 18.5. The molecule has 16 heavy (non-hydrogen) atoms. The van der Waals surface area contributed by atoms with Gasteiger partial charge in [0.15, 0.2) is 0 Å². The van der Waals surface area contributed by atoms with E-state index in [1.54, 1.807) is 10.5 Å². The van der Waals surface area contributed by atoms with Gasteiger partial charge in [-0.1, -0.05) is 41.5 Å². The molecule has 0 aliphatic carbocycles. The van der Waals surface area contributed by atoms with Crippen LogP contribution < -0.4 is 0 Å². The lowest BCUT2D eigenvalue weighted by Gasteiger charge is -2.22. The molecule has 1 heterocycles. The Kier molecular flexibility index (Phi) is 3.93. The Labute approximate surface area is 104 Å². The van der Waals surface area contributed by atoms with Crippen molar-refractivity contribution in [2.45, 2.75) is 72.3 Å². The lowest BCUT2D eigenvalue weighted by molar-refractivity contribution is 0.520. The molecule has 0 aliphatic rings. The number of nitrogens with zero attached hydrogens (tertiary/aromatic N) is 1. The lowest BCUT2D eigenvalue weighted by atomic mass is 9.98. The van der Waals surface area contributed by atoms with Crippen molar-refractivity contribution in [1.29, 1.82) is 0 Å². The molecule has 0 aliphatic heterocycles. The van der Waals surface area contributed by atoms with Gasteiger partial charge in [-0.2, -0.15) is 0 Å². The van der Waals surface area contributed by atoms with Gasteiger partial charge < -0.3 is 4.33 Å². The minimum Gasteiger partial charge on any atom is -0.320 e. The molecular formula is C13H25NP2. The summed E-state index contributed by atoms with van der Waals surface area (Å²) >= 11 is 0. The van der Waals surface area contributed by atoms with E-state index in [0.717, 1.165) is 0 Å². The summed E-state index contributed by atoms with van der Waals surface area (Å²) in [6.07, 6.45) is 0. The average molecular weight is 257 g/mol. The molecule has 1 aromatic rings. The minimum atomic E-state index is 0.284. The summed E-state index contributed by atoms with van der Waals surface area (Å²) < 4.78 is 2.56. The monoisotopic (exact) mass is 257 g/mol. The molecule has 0 unspecified atom stereocenters. The average Bonchev–Trinajstić information content (AvgIpc) is 2.44. The van der Waals surface area contributed by atoms with E-state index < -0.39 is 0 Å². The van der Waals surface area contributed by atoms with Gasteiger partial charge in [-0.3, -0.25) is 0 Å². The Balaban J connectivity index is 3.32. The van der Waals surface area contributed by atoms with Crippen LogP contribution in [0.1, 0.15) is 71.9 Å². The van der Waals surface area contributed by atoms with Gasteiger partial charge in [0.05, 0.1) is 5.43 Å². The molecule has 0 saturated carbocycles. The van der Waals surface area contributed by atoms with Gasteiger partial charge in [0, 0.05) is 24.8 Å². The highest BCUT2D eigenvalue weighted by Gasteiger charge is 2.26. The highest BCUT2D eigenvalue weighted by atomic mass is 31.1. The zero-order valence-electron chi connectivity index (χ0n) is 11.9. The first-order valence-electron chi connectivity index (χ1n) is 6.01. The van der Waals surface area contributed by atoms with Crippen molar-refractivity contribution in [2.75, 3.05) is 0 Å². The number of rotatable bonds is 1. The Morgan fingerprint density at radius 1 is 0.938 bits per heavy atom. The summed E-state index contributed by atoms with van der Waals surface area (Å²) in [5, 5.41) is 1.63. The van der Waals surface area contributed by atoms with E-state index in [0.29, 0.717) is 11.5 Å². The van der Waals surface area contributed by atoms with Gasteiger partial charge >= 0.3 is 0 Å². The van der Waals surface area contributed by atoms with E-state index in [-0.39, 0.29) is 5.41 Å². The molecule has 0 amide bonds. The molecule has 0 atom stereocenters. The highest BCUT2D eigenvalue weighted by Crippen LogP contribution is 2.46. The van der Waals surface area contributed by atoms with Crippen LogP contribution >= 0.6 is 16.5 Å². The molecule has 0 radical (unpaired) electrons. The predicted octanol–water partition coefficient (Wildman–Crippen LogP) is 5.82. The van der Waals surface area contributed by atoms with Crippen molar-refractivity contribution in [2.24, 2.45) is 0 Å². The first-order chi connectivity index (χ1) is 7.03. The number of aromatic nitrogens is 1. The molecule has 1 rings (SSSR count). The molecular weight excluding hydrogens is 232 g/mol. The SMILES string of the molecule is CC(C)n1pc(C(C)(C)C)pc1C(C)(C)C. The smallest absolute Gasteiger partial charge is 0.0549 e. The second kappa shape index (κ2) is 4.43. The van der Waals surface area contributed by atoms with E-state index in [2.05, 4.69) is 59.7 Å². The van der Waals surface area contributed by atoms with Crippen molar-refractivity contribution >= 4 is 16.5 Å². The van der Waals surface area contributed by atoms with E-state index in [9.17, 15) is 0 Å². The zero-order valence-corrected chi connectivity index (χ0v) is 13.7. The second-order valence-corrected chi connectivity index (χ2v) is 9.32. The maximum atomic E-state index is 2.56. The summed E-state index contributed by atoms with van der Waals surface area (Å²) in [4.78, 5) is 0. The maximum absolute atomic E-state index is 2.56. The highest BCUT2D eigenvalue weighted by molar-refractivity contribution is 7.47. The summed E-state index contributed by atoms with van der Waals surface area (Å²) in [5.74, 6) is 0. The van der Waals surface area contributed by atoms with Gasteiger partial charge in [-0.05, 0) is 27.5 Å². The molecule has 3 heteroatoms. The molecule has 92 valence electrons. The lowest BCUT2D eigenvalue weighted by Crippen LogP contribution is -2.15. The molecule has 0 spiro atoms. The Bertz CT molecular complexity index is 364. The van der Waals surface area contributed by atoms with E-state index in [1.165, 1.54) is 16.5 Å². The van der Waals surface area contributed by atoms with Gasteiger partial charge in [-0.15, -0.1) is 0 Å². The Morgan fingerprint density at radius 2 is 1.44 bits per heavy atom. The molecule has 1 nitrogen and oxygen atoms in total. The van der Waals surface area contributed by atoms with Crippen LogP contribution in [0.4, 0.5) is 0 Å². The third-order valence-electron chi connectivity index (χ3n) is 2.46. The number of hydrogen-bond donors (Lipinski definition) is 0. The minimum absolute atomic E-state index is 0.284. The first kappa shape index (κ1) is 14.2. The van der Waals surface area contributed by atoms with Crippen molar-refractivity contribution in [3.8, 4) is 0 Å². The van der Waals surface area contributed by atoms with Crippen LogP contribution in [0.3, 0.4) is 0 Å². The van der Waals surface area contributed by atoms with Crippen LogP contribution in [-0.4, -0.2) is 4.33 Å². The van der Waals surface area contributed by atoms with Crippen LogP contribution in [0.15, 0.2) is 0 Å². The van der Waals surface area contributed by atoms with Crippen LogP contribution in [-0.2, 0) is 10.8 Å². The van der Waals surface area contributed by atoms with Crippen LogP contribution in [0.5, 0.6) is 0 Å². The van der Waals surface area contributed by atoms with E-state index in [4.69, 9.17) is 0 Å². The van der Waals surface area contributed by atoms with Crippen LogP contribution in [0.2, 0.25) is 0 Å². The molecule has 0 N–H and O–H groups in total. The second-order valence-electron chi connectivity index (χ2n) is 6.80. The summed E-state index contributed by atoms with van der Waals surface area (Å²) in [7, 11) is 2.88. The summed E-state index contributed by atoms with van der Waals surface area (Å²) in [6, 6.07) is 0.600. The van der Waals surface area contributed by atoms with Crippen molar-refractivity contribution in [1.82, 2.24) is 4.33 Å². The summed E-state index contributed by atoms with van der Waals surface area (Å²) in [5.41, 5.74) is 2.18.